The van der Waals surface area contributed by atoms with Crippen LogP contribution < -0.4 is 19.9 Å². The van der Waals surface area contributed by atoms with Crippen LogP contribution in [0.3, 0.4) is 0 Å². The van der Waals surface area contributed by atoms with Crippen molar-refractivity contribution >= 4 is 27.7 Å². The van der Waals surface area contributed by atoms with Crippen LogP contribution in [0.25, 0.3) is 0 Å². The van der Waals surface area contributed by atoms with Crippen LogP contribution in [0, 0.1) is 0 Å². The van der Waals surface area contributed by atoms with E-state index in [4.69, 9.17) is 24.8 Å². The van der Waals surface area contributed by atoms with Gasteiger partial charge in [0.25, 0.3) is 0 Å². The molecule has 1 atom stereocenters. The maximum Gasteiger partial charge on any atom is 0.374 e. The smallest absolute Gasteiger partial charge is 0.374 e. The summed E-state index contributed by atoms with van der Waals surface area (Å²) in [5, 5.41) is 3.66. The lowest BCUT2D eigenvalue weighted by atomic mass is 10.2. The number of hydrogen-bond donors (Lipinski definition) is 1. The first-order valence-corrected chi connectivity index (χ1v) is 8.43. The second-order valence-corrected chi connectivity index (χ2v) is 6.09. The number of nitrogens with two attached hydrogens (primary N) is 1. The van der Waals surface area contributed by atoms with Crippen molar-refractivity contribution in [3.63, 3.8) is 0 Å². The molecule has 0 spiro atoms. The van der Waals surface area contributed by atoms with Gasteiger partial charge in [-0.15, -0.1) is 0 Å². The zero-order valence-corrected chi connectivity index (χ0v) is 16.1. The van der Waals surface area contributed by atoms with Crippen LogP contribution in [0.2, 0.25) is 0 Å². The third-order valence-corrected chi connectivity index (χ3v) is 3.90. The second-order valence-electron chi connectivity index (χ2n) is 5.17. The van der Waals surface area contributed by atoms with Gasteiger partial charge in [-0.2, -0.15) is 0 Å². The molecule has 0 aliphatic carbocycles. The normalized spacial score (nSPS) is 12.2. The number of nitrogens with zero attached hydrogens (tertiary/aromatic N) is 1. The fraction of sp³-hybridized carbons (Fsp3) is 0.222. The predicted molar refractivity (Wildman–Crippen MR) is 101 cm³/mol. The van der Waals surface area contributed by atoms with Gasteiger partial charge in [0, 0.05) is 10.0 Å². The van der Waals surface area contributed by atoms with Crippen LogP contribution in [0.15, 0.2) is 52.1 Å². The molecule has 0 bridgehead atoms. The highest BCUT2D eigenvalue weighted by Gasteiger charge is 2.17. The lowest BCUT2D eigenvalue weighted by Crippen LogP contribution is -2.26. The zero-order chi connectivity index (χ0) is 19.1. The Morgan fingerprint density at radius 1 is 1.08 bits per heavy atom. The monoisotopic (exact) mass is 422 g/mol. The Labute approximate surface area is 159 Å². The zero-order valence-electron chi connectivity index (χ0n) is 14.6. The van der Waals surface area contributed by atoms with Crippen LogP contribution in [0.4, 0.5) is 0 Å². The van der Waals surface area contributed by atoms with Crippen LogP contribution in [-0.2, 0) is 9.63 Å². The Balaban J connectivity index is 2.00. The van der Waals surface area contributed by atoms with Gasteiger partial charge >= 0.3 is 5.97 Å². The third kappa shape index (κ3) is 5.13. The van der Waals surface area contributed by atoms with Crippen molar-refractivity contribution in [3.8, 4) is 17.2 Å². The van der Waals surface area contributed by atoms with Crippen LogP contribution in [-0.4, -0.2) is 32.1 Å². The van der Waals surface area contributed by atoms with E-state index in [0.717, 1.165) is 4.47 Å². The second kappa shape index (κ2) is 9.10. The van der Waals surface area contributed by atoms with E-state index in [-0.39, 0.29) is 5.84 Å². The Hall–Kier alpha value is -2.74. The molecule has 8 heteroatoms. The van der Waals surface area contributed by atoms with Gasteiger partial charge in [0.2, 0.25) is 0 Å². The number of carbonyl (C=O) groups excluding carboxylic acids is 1. The molecule has 138 valence electrons. The minimum atomic E-state index is -0.849. The molecule has 0 fully saturated rings. The first-order chi connectivity index (χ1) is 12.4. The summed E-state index contributed by atoms with van der Waals surface area (Å²) in [5.41, 5.74) is 6.38. The topological polar surface area (TPSA) is 92.4 Å². The third-order valence-electron chi connectivity index (χ3n) is 3.37. The van der Waals surface area contributed by atoms with E-state index in [1.54, 1.807) is 49.4 Å². The van der Waals surface area contributed by atoms with E-state index in [2.05, 4.69) is 21.1 Å². The van der Waals surface area contributed by atoms with E-state index in [0.29, 0.717) is 22.8 Å². The van der Waals surface area contributed by atoms with Gasteiger partial charge in [-0.3, -0.25) is 0 Å². The Morgan fingerprint density at radius 2 is 1.73 bits per heavy atom. The maximum atomic E-state index is 12.0. The number of ether oxygens (including phenoxy) is 3. The molecule has 0 amide bonds. The van der Waals surface area contributed by atoms with Gasteiger partial charge in [0.15, 0.2) is 23.4 Å². The Kier molecular flexibility index (Phi) is 6.85. The summed E-state index contributed by atoms with van der Waals surface area (Å²) in [6.45, 7) is 1.56. The van der Waals surface area contributed by atoms with Crippen molar-refractivity contribution in [3.05, 3.63) is 52.5 Å². The summed E-state index contributed by atoms with van der Waals surface area (Å²) in [5.74, 6) is 0.931. The number of carbonyl (C=O) groups is 1. The van der Waals surface area contributed by atoms with Crippen molar-refractivity contribution in [2.24, 2.45) is 10.9 Å². The van der Waals surface area contributed by atoms with Crippen molar-refractivity contribution in [2.75, 3.05) is 14.2 Å². The molecule has 0 saturated heterocycles. The standard InChI is InChI=1S/C18H19BrN2O5/c1-11(25-14-7-5-13(19)6-8-14)18(22)26-21-17(20)12-4-9-15(23-2)16(10-12)24-3/h4-11H,1-3H3,(H2,20,21). The minimum absolute atomic E-state index is 0.0233. The van der Waals surface area contributed by atoms with Gasteiger partial charge < -0.3 is 24.8 Å². The fourth-order valence-corrected chi connectivity index (χ4v) is 2.25. The molecule has 0 aliphatic heterocycles. The lowest BCUT2D eigenvalue weighted by molar-refractivity contribution is -0.151. The van der Waals surface area contributed by atoms with E-state index < -0.39 is 12.1 Å². The van der Waals surface area contributed by atoms with Crippen molar-refractivity contribution < 1.29 is 23.8 Å². The first-order valence-electron chi connectivity index (χ1n) is 7.63. The number of methoxy groups -OCH3 is 2. The molecule has 26 heavy (non-hydrogen) atoms. The molecular weight excluding hydrogens is 404 g/mol. The molecule has 0 aromatic heterocycles. The highest BCUT2D eigenvalue weighted by atomic mass is 79.9. The highest BCUT2D eigenvalue weighted by molar-refractivity contribution is 9.10. The Bertz CT molecular complexity index is 793. The molecule has 1 unspecified atom stereocenters. The summed E-state index contributed by atoms with van der Waals surface area (Å²) in [4.78, 5) is 16.9. The number of benzene rings is 2. The summed E-state index contributed by atoms with van der Waals surface area (Å²) < 4.78 is 16.8. The summed E-state index contributed by atoms with van der Waals surface area (Å²) in [6, 6.07) is 12.1. The van der Waals surface area contributed by atoms with Gasteiger partial charge in [0.1, 0.15) is 5.75 Å². The Morgan fingerprint density at radius 3 is 2.35 bits per heavy atom. The number of amidine groups is 1. The van der Waals surface area contributed by atoms with Gasteiger partial charge in [-0.05, 0) is 49.4 Å². The van der Waals surface area contributed by atoms with Crippen molar-refractivity contribution in [1.29, 1.82) is 0 Å². The molecule has 2 N–H and O–H groups in total. The molecule has 2 aromatic carbocycles. The quantitative estimate of drug-likeness (QED) is 0.319. The predicted octanol–water partition coefficient (Wildman–Crippen LogP) is 3.10. The molecule has 0 radical (unpaired) electrons. The molecule has 2 aromatic rings. The van der Waals surface area contributed by atoms with Gasteiger partial charge in [0.05, 0.1) is 14.2 Å². The maximum absolute atomic E-state index is 12.0. The van der Waals surface area contributed by atoms with E-state index in [1.807, 2.05) is 0 Å². The van der Waals surface area contributed by atoms with Crippen molar-refractivity contribution in [1.82, 2.24) is 0 Å². The van der Waals surface area contributed by atoms with E-state index in [9.17, 15) is 4.79 Å². The number of oxime groups is 1. The van der Waals surface area contributed by atoms with E-state index >= 15 is 0 Å². The fourth-order valence-electron chi connectivity index (χ4n) is 1.98. The molecular formula is C18H19BrN2O5. The van der Waals surface area contributed by atoms with Crippen LogP contribution in [0.1, 0.15) is 12.5 Å². The molecule has 2 rings (SSSR count). The molecule has 0 aliphatic rings. The minimum Gasteiger partial charge on any atom is -0.493 e. The average Bonchev–Trinajstić information content (AvgIpc) is 2.66. The van der Waals surface area contributed by atoms with Crippen LogP contribution >= 0.6 is 15.9 Å². The summed E-state index contributed by atoms with van der Waals surface area (Å²) in [6.07, 6.45) is -0.849. The van der Waals surface area contributed by atoms with Crippen LogP contribution in [0.5, 0.6) is 17.2 Å². The molecule has 7 nitrogen and oxygen atoms in total. The first kappa shape index (κ1) is 19.6. The SMILES string of the molecule is COc1ccc(/C(N)=N/OC(=O)C(C)Oc2ccc(Br)cc2)cc1OC. The lowest BCUT2D eigenvalue weighted by Gasteiger charge is -2.12. The van der Waals surface area contributed by atoms with Gasteiger partial charge in [-0.1, -0.05) is 21.1 Å². The number of hydrogen-bond acceptors (Lipinski definition) is 6. The summed E-state index contributed by atoms with van der Waals surface area (Å²) in [7, 11) is 3.04. The van der Waals surface area contributed by atoms with E-state index in [1.165, 1.54) is 14.2 Å². The number of halogens is 1. The largest absolute Gasteiger partial charge is 0.493 e. The highest BCUT2D eigenvalue weighted by Crippen LogP contribution is 2.27. The molecule has 0 heterocycles. The van der Waals surface area contributed by atoms with Gasteiger partial charge in [-0.25, -0.2) is 4.79 Å². The molecule has 0 saturated carbocycles. The summed E-state index contributed by atoms with van der Waals surface area (Å²) >= 11 is 3.33. The average molecular weight is 423 g/mol. The number of rotatable bonds is 7. The van der Waals surface area contributed by atoms with Crippen molar-refractivity contribution in [2.45, 2.75) is 13.0 Å².